The molecule has 2 rings (SSSR count). The van der Waals surface area contributed by atoms with Crippen molar-refractivity contribution in [2.45, 2.75) is 13.5 Å². The fourth-order valence-electron chi connectivity index (χ4n) is 1.45. The third-order valence-corrected chi connectivity index (χ3v) is 4.46. The summed E-state index contributed by atoms with van der Waals surface area (Å²) < 4.78 is 14.3. The molecule has 0 atom stereocenters. The van der Waals surface area contributed by atoms with Crippen LogP contribution in [-0.2, 0) is 6.54 Å². The zero-order chi connectivity index (χ0) is 13.1. The number of halogens is 2. The SMILES string of the molecule is Cc1ccc(C(=O)NCc2sccc2Br)cc1F. The molecule has 0 saturated heterocycles. The zero-order valence-corrected chi connectivity index (χ0v) is 12.1. The van der Waals surface area contributed by atoms with Gasteiger partial charge in [0.2, 0.25) is 0 Å². The summed E-state index contributed by atoms with van der Waals surface area (Å²) in [4.78, 5) is 12.9. The number of nitrogens with one attached hydrogen (secondary N) is 1. The molecular formula is C13H11BrFNOS. The van der Waals surface area contributed by atoms with E-state index in [1.165, 1.54) is 6.07 Å². The number of carbonyl (C=O) groups is 1. The predicted octanol–water partition coefficient (Wildman–Crippen LogP) is 3.89. The topological polar surface area (TPSA) is 29.1 Å². The minimum atomic E-state index is -0.361. The molecule has 0 radical (unpaired) electrons. The molecule has 0 aliphatic rings. The minimum Gasteiger partial charge on any atom is -0.347 e. The van der Waals surface area contributed by atoms with Crippen molar-refractivity contribution in [3.05, 3.63) is 55.9 Å². The maximum absolute atomic E-state index is 13.3. The first-order valence-electron chi connectivity index (χ1n) is 5.34. The van der Waals surface area contributed by atoms with Crippen LogP contribution >= 0.6 is 27.3 Å². The molecule has 94 valence electrons. The van der Waals surface area contributed by atoms with Crippen LogP contribution in [0.15, 0.2) is 34.1 Å². The van der Waals surface area contributed by atoms with Crippen molar-refractivity contribution in [3.63, 3.8) is 0 Å². The Kier molecular flexibility index (Phi) is 4.14. The average molecular weight is 328 g/mol. The second-order valence-corrected chi connectivity index (χ2v) is 5.69. The number of aryl methyl sites for hydroxylation is 1. The fourth-order valence-corrected chi connectivity index (χ4v) is 2.88. The van der Waals surface area contributed by atoms with Gasteiger partial charge in [0.05, 0.1) is 6.54 Å². The minimum absolute atomic E-state index is 0.269. The van der Waals surface area contributed by atoms with E-state index in [1.807, 2.05) is 11.4 Å². The van der Waals surface area contributed by atoms with Gasteiger partial charge in [0, 0.05) is 14.9 Å². The number of hydrogen-bond donors (Lipinski definition) is 1. The molecule has 2 nitrogen and oxygen atoms in total. The van der Waals surface area contributed by atoms with Crippen LogP contribution in [0, 0.1) is 12.7 Å². The van der Waals surface area contributed by atoms with Crippen LogP contribution in [0.5, 0.6) is 0 Å². The standard InChI is InChI=1S/C13H11BrFNOS/c1-8-2-3-9(6-11(8)15)13(17)16-7-12-10(14)4-5-18-12/h2-6H,7H2,1H3,(H,16,17). The normalized spacial score (nSPS) is 10.4. The van der Waals surface area contributed by atoms with Gasteiger partial charge < -0.3 is 5.32 Å². The first-order chi connectivity index (χ1) is 8.58. The van der Waals surface area contributed by atoms with Crippen molar-refractivity contribution >= 4 is 33.2 Å². The van der Waals surface area contributed by atoms with Crippen molar-refractivity contribution in [1.29, 1.82) is 0 Å². The first kappa shape index (κ1) is 13.2. The molecule has 0 aliphatic carbocycles. The van der Waals surface area contributed by atoms with Gasteiger partial charge in [-0.2, -0.15) is 0 Å². The van der Waals surface area contributed by atoms with Crippen molar-refractivity contribution in [1.82, 2.24) is 5.32 Å². The van der Waals surface area contributed by atoms with E-state index >= 15 is 0 Å². The van der Waals surface area contributed by atoms with Gasteiger partial charge in [0.1, 0.15) is 5.82 Å². The molecule has 0 aliphatic heterocycles. The molecule has 1 amide bonds. The molecule has 1 aromatic heterocycles. The van der Waals surface area contributed by atoms with E-state index in [-0.39, 0.29) is 11.7 Å². The number of carbonyl (C=O) groups excluding carboxylic acids is 1. The highest BCUT2D eigenvalue weighted by Crippen LogP contribution is 2.22. The lowest BCUT2D eigenvalue weighted by Crippen LogP contribution is -2.22. The Labute approximate surface area is 117 Å². The third kappa shape index (κ3) is 2.97. The lowest BCUT2D eigenvalue weighted by Gasteiger charge is -2.05. The van der Waals surface area contributed by atoms with E-state index in [4.69, 9.17) is 0 Å². The smallest absolute Gasteiger partial charge is 0.251 e. The Morgan fingerprint density at radius 2 is 2.22 bits per heavy atom. The molecule has 5 heteroatoms. The van der Waals surface area contributed by atoms with Crippen LogP contribution in [0.2, 0.25) is 0 Å². The summed E-state index contributed by atoms with van der Waals surface area (Å²) in [6, 6.07) is 6.41. The van der Waals surface area contributed by atoms with E-state index in [0.29, 0.717) is 17.7 Å². The number of thiophene rings is 1. The van der Waals surface area contributed by atoms with Gasteiger partial charge >= 0.3 is 0 Å². The van der Waals surface area contributed by atoms with Gasteiger partial charge in [0.15, 0.2) is 0 Å². The summed E-state index contributed by atoms with van der Waals surface area (Å²) in [6.45, 7) is 2.10. The fraction of sp³-hybridized carbons (Fsp3) is 0.154. The summed E-state index contributed by atoms with van der Waals surface area (Å²) in [5.74, 6) is -0.630. The van der Waals surface area contributed by atoms with E-state index in [1.54, 1.807) is 30.4 Å². The van der Waals surface area contributed by atoms with Gasteiger partial charge in [-0.3, -0.25) is 4.79 Å². The van der Waals surface area contributed by atoms with Crippen LogP contribution in [0.1, 0.15) is 20.8 Å². The van der Waals surface area contributed by atoms with E-state index in [9.17, 15) is 9.18 Å². The quantitative estimate of drug-likeness (QED) is 0.910. The Bertz CT molecular complexity index is 582. The maximum Gasteiger partial charge on any atom is 0.251 e. The Morgan fingerprint density at radius 3 is 2.83 bits per heavy atom. The van der Waals surface area contributed by atoms with Crippen molar-refractivity contribution in [2.24, 2.45) is 0 Å². The lowest BCUT2D eigenvalue weighted by molar-refractivity contribution is 0.0951. The first-order valence-corrected chi connectivity index (χ1v) is 7.01. The number of amides is 1. The van der Waals surface area contributed by atoms with Gasteiger partial charge in [-0.15, -0.1) is 11.3 Å². The van der Waals surface area contributed by atoms with Gasteiger partial charge in [-0.25, -0.2) is 4.39 Å². The van der Waals surface area contributed by atoms with Crippen LogP contribution < -0.4 is 5.32 Å². The molecule has 18 heavy (non-hydrogen) atoms. The third-order valence-electron chi connectivity index (χ3n) is 2.53. The van der Waals surface area contributed by atoms with Gasteiger partial charge in [0.25, 0.3) is 5.91 Å². The van der Waals surface area contributed by atoms with Crippen LogP contribution in [0.4, 0.5) is 4.39 Å². The molecular weight excluding hydrogens is 317 g/mol. The monoisotopic (exact) mass is 327 g/mol. The molecule has 1 heterocycles. The molecule has 1 N–H and O–H groups in total. The highest BCUT2D eigenvalue weighted by Gasteiger charge is 2.09. The summed E-state index contributed by atoms with van der Waals surface area (Å²) in [5, 5.41) is 4.71. The summed E-state index contributed by atoms with van der Waals surface area (Å²) in [5.41, 5.74) is 0.873. The van der Waals surface area contributed by atoms with E-state index in [0.717, 1.165) is 9.35 Å². The second kappa shape index (κ2) is 5.63. The molecule has 0 spiro atoms. The molecule has 0 fully saturated rings. The molecule has 2 aromatic rings. The number of hydrogen-bond acceptors (Lipinski definition) is 2. The summed E-state index contributed by atoms with van der Waals surface area (Å²) in [7, 11) is 0. The maximum atomic E-state index is 13.3. The van der Waals surface area contributed by atoms with Crippen LogP contribution in [0.25, 0.3) is 0 Å². The van der Waals surface area contributed by atoms with Gasteiger partial charge in [-0.1, -0.05) is 6.07 Å². The molecule has 1 aromatic carbocycles. The predicted molar refractivity (Wildman–Crippen MR) is 74.3 cm³/mol. The van der Waals surface area contributed by atoms with Crippen molar-refractivity contribution in [2.75, 3.05) is 0 Å². The van der Waals surface area contributed by atoms with Crippen molar-refractivity contribution in [3.8, 4) is 0 Å². The van der Waals surface area contributed by atoms with E-state index < -0.39 is 0 Å². The Morgan fingerprint density at radius 1 is 1.44 bits per heavy atom. The highest BCUT2D eigenvalue weighted by molar-refractivity contribution is 9.10. The van der Waals surface area contributed by atoms with Crippen LogP contribution in [0.3, 0.4) is 0 Å². The highest BCUT2D eigenvalue weighted by atomic mass is 79.9. The zero-order valence-electron chi connectivity index (χ0n) is 9.67. The number of benzene rings is 1. The molecule has 0 saturated carbocycles. The number of rotatable bonds is 3. The Hall–Kier alpha value is -1.20. The largest absolute Gasteiger partial charge is 0.347 e. The lowest BCUT2D eigenvalue weighted by atomic mass is 10.1. The Balaban J connectivity index is 2.04. The van der Waals surface area contributed by atoms with E-state index in [2.05, 4.69) is 21.2 Å². The van der Waals surface area contributed by atoms with Gasteiger partial charge in [-0.05, 0) is 52.0 Å². The molecule has 0 unspecified atom stereocenters. The average Bonchev–Trinajstić information content (AvgIpc) is 2.75. The van der Waals surface area contributed by atoms with Crippen LogP contribution in [-0.4, -0.2) is 5.91 Å². The summed E-state index contributed by atoms with van der Waals surface area (Å²) in [6.07, 6.45) is 0. The van der Waals surface area contributed by atoms with Crippen molar-refractivity contribution < 1.29 is 9.18 Å². The summed E-state index contributed by atoms with van der Waals surface area (Å²) >= 11 is 4.95. The molecule has 0 bridgehead atoms. The second-order valence-electron chi connectivity index (χ2n) is 3.84.